The molecule has 9 heteroatoms. The second kappa shape index (κ2) is 9.93. The number of sulfonamides is 1. The standard InChI is InChI=1S/C22H26N2O6S/c1-29-19-10-8-18(9-11-19)23-21(25)20(16-6-4-3-5-7-16)30-22(26)17-12-14-24(15-13-17)31(2,27)28/h3-11,17,20H,12-15H2,1-2H3,(H,23,25). The minimum atomic E-state index is -3.29. The van der Waals surface area contributed by atoms with E-state index in [0.717, 1.165) is 6.26 Å². The van der Waals surface area contributed by atoms with Crippen LogP contribution in [0.1, 0.15) is 24.5 Å². The van der Waals surface area contributed by atoms with Crippen molar-refractivity contribution in [3.63, 3.8) is 0 Å². The quantitative estimate of drug-likeness (QED) is 0.656. The van der Waals surface area contributed by atoms with Gasteiger partial charge in [0.15, 0.2) is 0 Å². The minimum Gasteiger partial charge on any atom is -0.497 e. The number of piperidine rings is 1. The van der Waals surface area contributed by atoms with Crippen LogP contribution in [-0.2, 0) is 24.3 Å². The molecule has 0 aromatic heterocycles. The fourth-order valence-corrected chi connectivity index (χ4v) is 4.29. The third kappa shape index (κ3) is 6.05. The Hall–Kier alpha value is -2.91. The lowest BCUT2D eigenvalue weighted by atomic mass is 9.98. The number of ether oxygens (including phenoxy) is 2. The number of rotatable bonds is 7. The number of amides is 1. The lowest BCUT2D eigenvalue weighted by molar-refractivity contribution is -0.160. The molecule has 1 unspecified atom stereocenters. The first-order chi connectivity index (χ1) is 14.8. The molecule has 0 bridgehead atoms. The molecule has 2 aromatic rings. The molecule has 8 nitrogen and oxygen atoms in total. The zero-order valence-corrected chi connectivity index (χ0v) is 18.3. The number of anilines is 1. The highest BCUT2D eigenvalue weighted by Crippen LogP contribution is 2.26. The SMILES string of the molecule is COc1ccc(NC(=O)C(OC(=O)C2CCN(S(C)(=O)=O)CC2)c2ccccc2)cc1. The molecule has 1 amide bonds. The maximum absolute atomic E-state index is 13.0. The highest BCUT2D eigenvalue weighted by molar-refractivity contribution is 7.88. The molecular formula is C22H26N2O6S. The van der Waals surface area contributed by atoms with Gasteiger partial charge in [0.2, 0.25) is 16.1 Å². The molecule has 1 N–H and O–H groups in total. The van der Waals surface area contributed by atoms with Gasteiger partial charge in [0.25, 0.3) is 5.91 Å². The number of carbonyl (C=O) groups is 2. The Bertz CT molecular complexity index is 1000. The largest absolute Gasteiger partial charge is 0.497 e. The number of hydrogen-bond acceptors (Lipinski definition) is 6. The summed E-state index contributed by atoms with van der Waals surface area (Å²) < 4.78 is 35.5. The molecule has 1 heterocycles. The van der Waals surface area contributed by atoms with Crippen LogP contribution in [0.3, 0.4) is 0 Å². The van der Waals surface area contributed by atoms with E-state index in [9.17, 15) is 18.0 Å². The number of nitrogens with one attached hydrogen (secondary N) is 1. The molecule has 2 aromatic carbocycles. The Morgan fingerprint density at radius 1 is 1.03 bits per heavy atom. The Kier molecular flexibility index (Phi) is 7.29. The van der Waals surface area contributed by atoms with E-state index in [4.69, 9.17) is 9.47 Å². The van der Waals surface area contributed by atoms with Crippen molar-refractivity contribution in [3.8, 4) is 5.75 Å². The Morgan fingerprint density at radius 2 is 1.65 bits per heavy atom. The molecule has 0 aliphatic carbocycles. The van der Waals surface area contributed by atoms with E-state index in [1.807, 2.05) is 6.07 Å². The molecule has 0 radical (unpaired) electrons. The van der Waals surface area contributed by atoms with Crippen LogP contribution in [0.25, 0.3) is 0 Å². The first-order valence-corrected chi connectivity index (χ1v) is 11.8. The van der Waals surface area contributed by atoms with Crippen LogP contribution in [-0.4, -0.2) is 51.1 Å². The first kappa shape index (κ1) is 22.8. The van der Waals surface area contributed by atoms with E-state index < -0.39 is 33.9 Å². The third-order valence-corrected chi connectivity index (χ3v) is 6.49. The monoisotopic (exact) mass is 446 g/mol. The highest BCUT2D eigenvalue weighted by Gasteiger charge is 2.33. The van der Waals surface area contributed by atoms with Gasteiger partial charge in [-0.05, 0) is 37.1 Å². The Morgan fingerprint density at radius 3 is 2.19 bits per heavy atom. The van der Waals surface area contributed by atoms with Gasteiger partial charge in [-0.2, -0.15) is 0 Å². The molecule has 31 heavy (non-hydrogen) atoms. The summed E-state index contributed by atoms with van der Waals surface area (Å²) in [7, 11) is -1.73. The summed E-state index contributed by atoms with van der Waals surface area (Å²) >= 11 is 0. The van der Waals surface area contributed by atoms with E-state index in [-0.39, 0.29) is 13.1 Å². The van der Waals surface area contributed by atoms with Crippen molar-refractivity contribution >= 4 is 27.6 Å². The Balaban J connectivity index is 1.70. The summed E-state index contributed by atoms with van der Waals surface area (Å²) in [4.78, 5) is 25.8. The smallest absolute Gasteiger partial charge is 0.310 e. The van der Waals surface area contributed by atoms with Gasteiger partial charge in [-0.25, -0.2) is 12.7 Å². The third-order valence-electron chi connectivity index (χ3n) is 5.19. The van der Waals surface area contributed by atoms with Gasteiger partial charge < -0.3 is 14.8 Å². The van der Waals surface area contributed by atoms with Gasteiger partial charge >= 0.3 is 5.97 Å². The van der Waals surface area contributed by atoms with Crippen molar-refractivity contribution in [2.75, 3.05) is 31.8 Å². The second-order valence-corrected chi connectivity index (χ2v) is 9.36. The zero-order valence-electron chi connectivity index (χ0n) is 17.5. The van der Waals surface area contributed by atoms with Gasteiger partial charge in [-0.3, -0.25) is 9.59 Å². The summed E-state index contributed by atoms with van der Waals surface area (Å²) in [6.45, 7) is 0.513. The van der Waals surface area contributed by atoms with Crippen LogP contribution < -0.4 is 10.1 Å². The number of methoxy groups -OCH3 is 1. The van der Waals surface area contributed by atoms with E-state index in [1.54, 1.807) is 55.6 Å². The summed E-state index contributed by atoms with van der Waals surface area (Å²) in [6, 6.07) is 15.6. The van der Waals surface area contributed by atoms with E-state index >= 15 is 0 Å². The molecule has 0 spiro atoms. The predicted molar refractivity (Wildman–Crippen MR) is 116 cm³/mol. The average Bonchev–Trinajstić information content (AvgIpc) is 2.78. The number of carbonyl (C=O) groups excluding carboxylic acids is 2. The van der Waals surface area contributed by atoms with Crippen LogP contribution in [0.2, 0.25) is 0 Å². The van der Waals surface area contributed by atoms with Gasteiger partial charge in [-0.1, -0.05) is 30.3 Å². The highest BCUT2D eigenvalue weighted by atomic mass is 32.2. The topological polar surface area (TPSA) is 102 Å². The average molecular weight is 447 g/mol. The van der Waals surface area contributed by atoms with E-state index in [0.29, 0.717) is 29.8 Å². The van der Waals surface area contributed by atoms with Crippen LogP contribution in [0.5, 0.6) is 5.75 Å². The molecule has 1 aliphatic heterocycles. The second-order valence-electron chi connectivity index (χ2n) is 7.38. The molecule has 1 fully saturated rings. The number of benzene rings is 2. The van der Waals surface area contributed by atoms with Crippen molar-refractivity contribution in [1.82, 2.24) is 4.31 Å². The molecule has 1 atom stereocenters. The number of hydrogen-bond donors (Lipinski definition) is 1. The molecule has 3 rings (SSSR count). The number of nitrogens with zero attached hydrogens (tertiary/aromatic N) is 1. The van der Waals surface area contributed by atoms with Crippen LogP contribution in [0, 0.1) is 5.92 Å². The summed E-state index contributed by atoms with van der Waals surface area (Å²) in [6.07, 6.45) is 0.741. The van der Waals surface area contributed by atoms with Crippen molar-refractivity contribution < 1.29 is 27.5 Å². The lowest BCUT2D eigenvalue weighted by Crippen LogP contribution is -2.40. The molecule has 1 saturated heterocycles. The van der Waals surface area contributed by atoms with Gasteiger partial charge in [0.1, 0.15) is 5.75 Å². The van der Waals surface area contributed by atoms with Crippen LogP contribution in [0.4, 0.5) is 5.69 Å². The molecule has 0 saturated carbocycles. The molecule has 1 aliphatic rings. The molecular weight excluding hydrogens is 420 g/mol. The minimum absolute atomic E-state index is 0.257. The van der Waals surface area contributed by atoms with Crippen LogP contribution >= 0.6 is 0 Å². The van der Waals surface area contributed by atoms with Crippen LogP contribution in [0.15, 0.2) is 54.6 Å². The van der Waals surface area contributed by atoms with Crippen molar-refractivity contribution in [2.24, 2.45) is 5.92 Å². The van der Waals surface area contributed by atoms with Crippen molar-refractivity contribution in [2.45, 2.75) is 18.9 Å². The van der Waals surface area contributed by atoms with Gasteiger partial charge in [0, 0.05) is 24.3 Å². The molecule has 166 valence electrons. The van der Waals surface area contributed by atoms with Crippen molar-refractivity contribution in [3.05, 3.63) is 60.2 Å². The van der Waals surface area contributed by atoms with E-state index in [2.05, 4.69) is 5.32 Å². The normalized spacial score (nSPS) is 16.3. The van der Waals surface area contributed by atoms with Crippen molar-refractivity contribution in [1.29, 1.82) is 0 Å². The summed E-state index contributed by atoms with van der Waals surface area (Å²) in [5.41, 5.74) is 1.10. The predicted octanol–water partition coefficient (Wildman–Crippen LogP) is 2.59. The maximum atomic E-state index is 13.0. The van der Waals surface area contributed by atoms with Gasteiger partial charge in [-0.15, -0.1) is 0 Å². The zero-order chi connectivity index (χ0) is 22.4. The summed E-state index contributed by atoms with van der Waals surface area (Å²) in [5.74, 6) is -0.785. The first-order valence-electron chi connectivity index (χ1n) is 9.93. The van der Waals surface area contributed by atoms with E-state index in [1.165, 1.54) is 4.31 Å². The fourth-order valence-electron chi connectivity index (χ4n) is 3.42. The van der Waals surface area contributed by atoms with Gasteiger partial charge in [0.05, 0.1) is 19.3 Å². The summed E-state index contributed by atoms with van der Waals surface area (Å²) in [5, 5.41) is 2.77. The lowest BCUT2D eigenvalue weighted by Gasteiger charge is -2.30. The fraction of sp³-hybridized carbons (Fsp3) is 0.364. The Labute approximate surface area is 182 Å². The number of esters is 1. The maximum Gasteiger partial charge on any atom is 0.310 e.